The SMILES string of the molecule is CCCCCCCCCCCCCCCCNC(CCCCN)C(=O)NC(C(=O)NC(C(=O)NC(CCCCN)C(=O)NC(CO)C(=O)O)C(C)O)C(C)O. The Morgan fingerprint density at radius 1 is 0.509 bits per heavy atom. The van der Waals surface area contributed by atoms with Gasteiger partial charge in [-0.1, -0.05) is 96.8 Å². The average molecular weight is 788 g/mol. The number of carboxylic acid groups (broad SMARTS) is 1. The summed E-state index contributed by atoms with van der Waals surface area (Å²) in [5.74, 6) is -4.77. The molecule has 16 heteroatoms. The van der Waals surface area contributed by atoms with Crippen LogP contribution in [-0.4, -0.2) is 119 Å². The summed E-state index contributed by atoms with van der Waals surface area (Å²) in [6, 6.07) is -6.64. The van der Waals surface area contributed by atoms with Gasteiger partial charge in [0.05, 0.1) is 24.9 Å². The fourth-order valence-electron chi connectivity index (χ4n) is 6.20. The molecule has 0 aliphatic rings. The standard InChI is InChI=1S/C39H77N7O9/c1-4-5-6-7-8-9-10-11-12-13-14-15-16-21-26-42-30(22-17-19-24-40)35(50)45-34(29(3)49)38(53)46-33(28(2)48)37(52)43-31(23-18-20-25-41)36(51)44-32(27-47)39(54)55/h28-34,42,47-49H,4-27,40-41H2,1-3H3,(H,43,52)(H,44,51)(H,45,50)(H,46,53)(H,54,55). The molecule has 0 aromatic heterocycles. The number of aliphatic carboxylic acids is 1. The van der Waals surface area contributed by atoms with Gasteiger partial charge in [0.25, 0.3) is 0 Å². The molecule has 4 amide bonds. The van der Waals surface area contributed by atoms with Crippen LogP contribution in [0.2, 0.25) is 0 Å². The Kier molecular flexibility index (Phi) is 31.5. The lowest BCUT2D eigenvalue weighted by atomic mass is 10.0. The summed E-state index contributed by atoms with van der Waals surface area (Å²) in [4.78, 5) is 64.4. The lowest BCUT2D eigenvalue weighted by molar-refractivity contribution is -0.143. The first-order valence-electron chi connectivity index (χ1n) is 20.9. The number of carboxylic acids is 1. The van der Waals surface area contributed by atoms with Gasteiger partial charge in [0.1, 0.15) is 24.2 Å². The second kappa shape index (κ2) is 33.3. The van der Waals surface area contributed by atoms with E-state index in [2.05, 4.69) is 33.5 Å². The second-order valence-corrected chi connectivity index (χ2v) is 14.8. The van der Waals surface area contributed by atoms with Gasteiger partial charge in [0.15, 0.2) is 0 Å². The van der Waals surface area contributed by atoms with Crippen molar-refractivity contribution in [1.82, 2.24) is 26.6 Å². The van der Waals surface area contributed by atoms with Crippen molar-refractivity contribution in [2.45, 2.75) is 192 Å². The summed E-state index contributed by atoms with van der Waals surface area (Å²) < 4.78 is 0. The molecule has 0 aliphatic carbocycles. The van der Waals surface area contributed by atoms with Crippen LogP contribution in [0.4, 0.5) is 0 Å². The Balaban J connectivity index is 5.24. The first kappa shape index (κ1) is 52.1. The summed E-state index contributed by atoms with van der Waals surface area (Å²) >= 11 is 0. The van der Waals surface area contributed by atoms with Crippen molar-refractivity contribution in [2.24, 2.45) is 11.5 Å². The van der Waals surface area contributed by atoms with Crippen molar-refractivity contribution >= 4 is 29.6 Å². The molecule has 0 radical (unpaired) electrons. The molecule has 7 unspecified atom stereocenters. The summed E-state index contributed by atoms with van der Waals surface area (Å²) in [6.07, 6.45) is 17.3. The quantitative estimate of drug-likeness (QED) is 0.0403. The van der Waals surface area contributed by atoms with Crippen LogP contribution >= 0.6 is 0 Å². The molecule has 13 N–H and O–H groups in total. The van der Waals surface area contributed by atoms with Crippen LogP contribution in [-0.2, 0) is 24.0 Å². The first-order chi connectivity index (χ1) is 26.3. The molecule has 322 valence electrons. The maximum atomic E-state index is 13.5. The Morgan fingerprint density at radius 2 is 0.891 bits per heavy atom. The van der Waals surface area contributed by atoms with E-state index in [1.807, 2.05) is 0 Å². The highest BCUT2D eigenvalue weighted by Gasteiger charge is 2.35. The molecule has 55 heavy (non-hydrogen) atoms. The smallest absolute Gasteiger partial charge is 0.328 e. The number of hydrogen-bond donors (Lipinski definition) is 11. The number of carbonyl (C=O) groups is 5. The van der Waals surface area contributed by atoms with E-state index in [0.717, 1.165) is 19.3 Å². The van der Waals surface area contributed by atoms with Gasteiger partial charge in [-0.15, -0.1) is 0 Å². The number of hydrogen-bond acceptors (Lipinski definition) is 11. The molecule has 0 aromatic rings. The largest absolute Gasteiger partial charge is 0.480 e. The third-order valence-corrected chi connectivity index (χ3v) is 9.69. The zero-order valence-electron chi connectivity index (χ0n) is 34.0. The lowest BCUT2D eigenvalue weighted by Gasteiger charge is -2.29. The molecule has 16 nitrogen and oxygen atoms in total. The van der Waals surface area contributed by atoms with Crippen LogP contribution in [0.3, 0.4) is 0 Å². The van der Waals surface area contributed by atoms with Crippen molar-refractivity contribution in [3.05, 3.63) is 0 Å². The molecule has 0 heterocycles. The van der Waals surface area contributed by atoms with E-state index in [1.54, 1.807) is 0 Å². The molecule has 0 saturated heterocycles. The number of aliphatic hydroxyl groups is 3. The van der Waals surface area contributed by atoms with E-state index in [1.165, 1.54) is 84.5 Å². The Morgan fingerprint density at radius 3 is 1.31 bits per heavy atom. The third-order valence-electron chi connectivity index (χ3n) is 9.69. The van der Waals surface area contributed by atoms with Gasteiger partial charge in [-0.2, -0.15) is 0 Å². The summed E-state index contributed by atoms with van der Waals surface area (Å²) in [5.41, 5.74) is 11.2. The van der Waals surface area contributed by atoms with Crippen LogP contribution in [0.25, 0.3) is 0 Å². The van der Waals surface area contributed by atoms with Crippen LogP contribution < -0.4 is 38.1 Å². The van der Waals surface area contributed by atoms with Gasteiger partial charge in [0.2, 0.25) is 23.6 Å². The zero-order chi connectivity index (χ0) is 41.4. The maximum Gasteiger partial charge on any atom is 0.328 e. The van der Waals surface area contributed by atoms with Crippen LogP contribution in [0, 0.1) is 0 Å². The Hall–Kier alpha value is -2.89. The fourth-order valence-corrected chi connectivity index (χ4v) is 6.20. The van der Waals surface area contributed by atoms with Gasteiger partial charge in [0, 0.05) is 0 Å². The first-order valence-corrected chi connectivity index (χ1v) is 20.9. The molecule has 0 aromatic carbocycles. The van der Waals surface area contributed by atoms with Crippen molar-refractivity contribution in [2.75, 3.05) is 26.2 Å². The number of nitrogens with two attached hydrogens (primary N) is 2. The Labute approximate surface area is 329 Å². The minimum absolute atomic E-state index is 0.0529. The highest BCUT2D eigenvalue weighted by molar-refractivity contribution is 5.95. The zero-order valence-corrected chi connectivity index (χ0v) is 34.0. The summed E-state index contributed by atoms with van der Waals surface area (Å²) in [7, 11) is 0. The van der Waals surface area contributed by atoms with Crippen LogP contribution in [0.5, 0.6) is 0 Å². The van der Waals surface area contributed by atoms with Gasteiger partial charge < -0.3 is 58.5 Å². The van der Waals surface area contributed by atoms with Crippen LogP contribution in [0.15, 0.2) is 0 Å². The van der Waals surface area contributed by atoms with Gasteiger partial charge in [-0.25, -0.2) is 4.79 Å². The number of amides is 4. The molecule has 0 fully saturated rings. The molecular weight excluding hydrogens is 710 g/mol. The second-order valence-electron chi connectivity index (χ2n) is 14.8. The fraction of sp³-hybridized carbons (Fsp3) is 0.872. The van der Waals surface area contributed by atoms with E-state index in [4.69, 9.17) is 11.5 Å². The highest BCUT2D eigenvalue weighted by Crippen LogP contribution is 2.13. The maximum absolute atomic E-state index is 13.5. The number of aliphatic hydroxyl groups excluding tert-OH is 3. The monoisotopic (exact) mass is 788 g/mol. The molecular formula is C39H77N7O9. The van der Waals surface area contributed by atoms with E-state index in [0.29, 0.717) is 51.7 Å². The predicted octanol–water partition coefficient (Wildman–Crippen LogP) is 1.46. The molecule has 0 aliphatic heterocycles. The molecule has 0 saturated carbocycles. The molecule has 7 atom stereocenters. The lowest BCUT2D eigenvalue weighted by Crippen LogP contribution is -2.62. The molecule has 0 rings (SSSR count). The van der Waals surface area contributed by atoms with E-state index in [9.17, 15) is 44.4 Å². The van der Waals surface area contributed by atoms with E-state index >= 15 is 0 Å². The van der Waals surface area contributed by atoms with Crippen molar-refractivity contribution < 1.29 is 44.4 Å². The van der Waals surface area contributed by atoms with Crippen molar-refractivity contribution in [3.63, 3.8) is 0 Å². The topological polar surface area (TPSA) is 278 Å². The average Bonchev–Trinajstić information content (AvgIpc) is 3.14. The summed E-state index contributed by atoms with van der Waals surface area (Å²) in [5, 5.41) is 52.4. The van der Waals surface area contributed by atoms with Gasteiger partial charge in [-0.3, -0.25) is 19.2 Å². The normalized spacial score (nSPS) is 15.2. The van der Waals surface area contributed by atoms with E-state index < -0.39 is 78.6 Å². The van der Waals surface area contributed by atoms with Gasteiger partial charge in [-0.05, 0) is 72.0 Å². The van der Waals surface area contributed by atoms with E-state index in [-0.39, 0.29) is 6.42 Å². The van der Waals surface area contributed by atoms with Crippen molar-refractivity contribution in [3.8, 4) is 0 Å². The number of unbranched alkanes of at least 4 members (excludes halogenated alkanes) is 15. The van der Waals surface area contributed by atoms with Crippen molar-refractivity contribution in [1.29, 1.82) is 0 Å². The Bertz CT molecular complexity index is 1050. The summed E-state index contributed by atoms with van der Waals surface area (Å²) in [6.45, 7) is 5.27. The number of rotatable bonds is 36. The predicted molar refractivity (Wildman–Crippen MR) is 214 cm³/mol. The number of carbonyl (C=O) groups excluding carboxylic acids is 4. The van der Waals surface area contributed by atoms with Crippen LogP contribution in [0.1, 0.15) is 149 Å². The third kappa shape index (κ3) is 25.1. The minimum Gasteiger partial charge on any atom is -0.480 e. The minimum atomic E-state index is -1.61. The van der Waals surface area contributed by atoms with Gasteiger partial charge >= 0.3 is 5.97 Å². The molecule has 0 bridgehead atoms. The molecule has 0 spiro atoms. The number of nitrogens with one attached hydrogen (secondary N) is 5. The highest BCUT2D eigenvalue weighted by atomic mass is 16.4.